The van der Waals surface area contributed by atoms with Gasteiger partial charge < -0.3 is 20.0 Å². The average Bonchev–Trinajstić information content (AvgIpc) is 2.98. The van der Waals surface area contributed by atoms with Crippen molar-refractivity contribution in [2.45, 2.75) is 105 Å². The lowest BCUT2D eigenvalue weighted by molar-refractivity contribution is -0.759. The van der Waals surface area contributed by atoms with Gasteiger partial charge in [-0.05, 0) is 69.1 Å². The fraction of sp³-hybridized carbons (Fsp3) is 0.667. The minimum Gasteiger partial charge on any atom is -0.493 e. The molecule has 2 aromatic rings. The summed E-state index contributed by atoms with van der Waals surface area (Å²) in [5, 5.41) is 17.3. The second-order valence-corrected chi connectivity index (χ2v) is 13.9. The maximum Gasteiger partial charge on any atom is 0.294 e. The number of nitrogens with one attached hydrogen (secondary N) is 2. The minimum absolute atomic E-state index is 0.133. The van der Waals surface area contributed by atoms with Crippen LogP contribution in [0.25, 0.3) is 11.4 Å². The van der Waals surface area contributed by atoms with Gasteiger partial charge in [-0.1, -0.05) is 66.7 Å². The molecule has 1 aliphatic carbocycles. The topological polar surface area (TPSA) is 169 Å². The predicted molar refractivity (Wildman–Crippen MR) is 181 cm³/mol. The smallest absolute Gasteiger partial charge is 0.294 e. The second-order valence-electron chi connectivity index (χ2n) is 11.9. The van der Waals surface area contributed by atoms with Crippen molar-refractivity contribution >= 4 is 15.7 Å². The van der Waals surface area contributed by atoms with Gasteiger partial charge in [-0.2, -0.15) is 4.31 Å². The summed E-state index contributed by atoms with van der Waals surface area (Å²) < 4.78 is 33.3. The van der Waals surface area contributed by atoms with Gasteiger partial charge in [-0.15, -0.1) is 10.1 Å². The number of rotatable bonds is 14. The van der Waals surface area contributed by atoms with Gasteiger partial charge >= 0.3 is 0 Å². The van der Waals surface area contributed by atoms with Crippen LogP contribution in [0.1, 0.15) is 104 Å². The average molecular weight is 664 g/mol. The molecule has 2 fully saturated rings. The Hall–Kier alpha value is -3.32. The van der Waals surface area contributed by atoms with Crippen LogP contribution in [0.3, 0.4) is 0 Å². The number of H-pyrrole nitrogens is 1. The summed E-state index contributed by atoms with van der Waals surface area (Å²) >= 11 is 0. The summed E-state index contributed by atoms with van der Waals surface area (Å²) in [5.41, 5.74) is 1.00. The normalized spacial score (nSPS) is 17.7. The van der Waals surface area contributed by atoms with E-state index in [4.69, 9.17) is 10.1 Å². The molecule has 2 heterocycles. The van der Waals surface area contributed by atoms with Crippen molar-refractivity contribution in [2.24, 2.45) is 17.8 Å². The Balaban J connectivity index is 0.000000405. The SMILES string of the molecule is CCC1CC(CO[N+](=O)[O-])C1.CCCC.CCCC(=N)c1nc(-c2cc(S(=O)(=O)N3CC(CC)C3)ccc2OCC)[nH]c(=O)c1C. The Labute approximate surface area is 274 Å². The summed E-state index contributed by atoms with van der Waals surface area (Å²) in [6, 6.07) is 4.62. The molecule has 0 bridgehead atoms. The number of sulfonamides is 1. The Morgan fingerprint density at radius 2 is 1.67 bits per heavy atom. The van der Waals surface area contributed by atoms with Gasteiger partial charge in [0.1, 0.15) is 11.6 Å². The molecule has 258 valence electrons. The molecule has 2 N–H and O–H groups in total. The Morgan fingerprint density at radius 1 is 1.04 bits per heavy atom. The van der Waals surface area contributed by atoms with E-state index in [1.165, 1.54) is 35.7 Å². The number of hydrogen-bond acceptors (Lipinski definition) is 9. The molecule has 2 aliphatic rings. The Morgan fingerprint density at radius 3 is 2.20 bits per heavy atom. The van der Waals surface area contributed by atoms with Gasteiger partial charge in [0.2, 0.25) is 10.0 Å². The highest BCUT2D eigenvalue weighted by atomic mass is 32.2. The van der Waals surface area contributed by atoms with E-state index >= 15 is 0 Å². The van der Waals surface area contributed by atoms with Crippen molar-refractivity contribution in [3.8, 4) is 17.1 Å². The summed E-state index contributed by atoms with van der Waals surface area (Å²) in [4.78, 5) is 34.0. The zero-order chi connectivity index (χ0) is 34.4. The van der Waals surface area contributed by atoms with Crippen molar-refractivity contribution in [3.05, 3.63) is 49.9 Å². The van der Waals surface area contributed by atoms with E-state index in [1.807, 2.05) is 13.8 Å². The predicted octanol–water partition coefficient (Wildman–Crippen LogP) is 6.78. The molecular formula is C33H53N5O7S. The highest BCUT2D eigenvalue weighted by Gasteiger charge is 2.36. The fourth-order valence-electron chi connectivity index (χ4n) is 5.09. The zero-order valence-electron chi connectivity index (χ0n) is 28.6. The largest absolute Gasteiger partial charge is 0.493 e. The van der Waals surface area contributed by atoms with Gasteiger partial charge in [-0.25, -0.2) is 13.4 Å². The van der Waals surface area contributed by atoms with Crippen LogP contribution in [0.4, 0.5) is 0 Å². The zero-order valence-corrected chi connectivity index (χ0v) is 29.4. The van der Waals surface area contributed by atoms with Crippen molar-refractivity contribution in [1.82, 2.24) is 14.3 Å². The van der Waals surface area contributed by atoms with Gasteiger partial charge in [0.15, 0.2) is 0 Å². The molecule has 1 saturated carbocycles. The monoisotopic (exact) mass is 663 g/mol. The van der Waals surface area contributed by atoms with Crippen LogP contribution in [0.5, 0.6) is 5.75 Å². The third kappa shape index (κ3) is 10.6. The molecule has 46 heavy (non-hydrogen) atoms. The van der Waals surface area contributed by atoms with Crippen LogP contribution in [0.2, 0.25) is 0 Å². The lowest BCUT2D eigenvalue weighted by atomic mass is 9.74. The molecule has 0 radical (unpaired) electrons. The number of benzene rings is 1. The molecule has 1 aromatic carbocycles. The summed E-state index contributed by atoms with van der Waals surface area (Å²) in [6.07, 6.45) is 8.23. The highest BCUT2D eigenvalue weighted by molar-refractivity contribution is 7.89. The van der Waals surface area contributed by atoms with Crippen molar-refractivity contribution in [3.63, 3.8) is 0 Å². The van der Waals surface area contributed by atoms with E-state index in [0.29, 0.717) is 67.1 Å². The van der Waals surface area contributed by atoms with Crippen molar-refractivity contribution in [2.75, 3.05) is 26.3 Å². The molecule has 0 amide bonds. The molecular weight excluding hydrogens is 610 g/mol. The lowest BCUT2D eigenvalue weighted by Crippen LogP contribution is -2.49. The quantitative estimate of drug-likeness (QED) is 0.127. The molecule has 1 aromatic heterocycles. The summed E-state index contributed by atoms with van der Waals surface area (Å²) in [5.74, 6) is 2.23. The number of unbranched alkanes of at least 4 members (excludes halogenated alkanes) is 1. The molecule has 12 nitrogen and oxygen atoms in total. The van der Waals surface area contributed by atoms with Gasteiger partial charge in [0.05, 0.1) is 35.1 Å². The van der Waals surface area contributed by atoms with Crippen molar-refractivity contribution < 1.29 is 23.1 Å². The summed E-state index contributed by atoms with van der Waals surface area (Å²) in [7, 11) is -3.65. The molecule has 0 unspecified atom stereocenters. The number of nitrogens with zero attached hydrogens (tertiary/aromatic N) is 3. The van der Waals surface area contributed by atoms with Crippen LogP contribution in [-0.4, -0.2) is 59.8 Å². The number of hydrogen-bond donors (Lipinski definition) is 2. The van der Waals surface area contributed by atoms with Crippen LogP contribution in [0.15, 0.2) is 27.9 Å². The maximum atomic E-state index is 13.1. The molecule has 1 saturated heterocycles. The molecule has 13 heteroatoms. The van der Waals surface area contributed by atoms with Crippen LogP contribution < -0.4 is 10.3 Å². The Kier molecular flexibility index (Phi) is 15.8. The summed E-state index contributed by atoms with van der Waals surface area (Å²) in [6.45, 7) is 15.7. The fourth-order valence-corrected chi connectivity index (χ4v) is 6.71. The maximum absolute atomic E-state index is 13.1. The van der Waals surface area contributed by atoms with Gasteiger partial charge in [0.25, 0.3) is 10.6 Å². The first-order valence-electron chi connectivity index (χ1n) is 16.6. The van der Waals surface area contributed by atoms with Crippen LogP contribution >= 0.6 is 0 Å². The van der Waals surface area contributed by atoms with Crippen LogP contribution in [0, 0.1) is 40.2 Å². The first-order chi connectivity index (χ1) is 21.9. The van der Waals surface area contributed by atoms with E-state index in [-0.39, 0.29) is 22.0 Å². The number of aromatic amines is 1. The van der Waals surface area contributed by atoms with E-state index in [0.717, 1.165) is 31.6 Å². The number of ether oxygens (including phenoxy) is 1. The third-order valence-corrected chi connectivity index (χ3v) is 10.2. The standard InChI is InChI=1S/C22H30N4O4S.C7H13NO3.C4H10/c1-5-8-18(23)20-14(4)22(27)25-21(24-20)17-11-16(9-10-19(17)30-7-3)31(28,29)26-12-15(6-2)13-26;1-2-6-3-7(4-6)5-11-8(9)10;1-3-4-2/h9-11,15,23H,5-8,12-13H2,1-4H3,(H,24,25,27);6-7H,2-5H2,1H3;3-4H2,1-2H3. The van der Waals surface area contributed by atoms with E-state index in [2.05, 4.69) is 42.5 Å². The number of aromatic nitrogens is 2. The Bertz CT molecular complexity index is 1450. The molecule has 4 rings (SSSR count). The van der Waals surface area contributed by atoms with E-state index in [9.17, 15) is 23.3 Å². The second kappa shape index (κ2) is 18.7. The first-order valence-corrected chi connectivity index (χ1v) is 18.0. The third-order valence-electron chi connectivity index (χ3n) is 8.41. The molecule has 1 aliphatic heterocycles. The molecule has 0 spiro atoms. The van der Waals surface area contributed by atoms with Crippen LogP contribution in [-0.2, 0) is 14.9 Å². The lowest BCUT2D eigenvalue weighted by Gasteiger charge is -2.37. The van der Waals surface area contributed by atoms with Gasteiger partial charge in [0, 0.05) is 18.7 Å². The van der Waals surface area contributed by atoms with Gasteiger partial charge in [-0.3, -0.25) is 4.79 Å². The highest BCUT2D eigenvalue weighted by Crippen LogP contribution is 2.36. The van der Waals surface area contributed by atoms with Crippen molar-refractivity contribution in [1.29, 1.82) is 5.41 Å². The molecule has 0 atom stereocenters. The first kappa shape index (κ1) is 38.9. The minimum atomic E-state index is -3.65. The van der Waals surface area contributed by atoms with E-state index in [1.54, 1.807) is 13.0 Å². The van der Waals surface area contributed by atoms with E-state index < -0.39 is 15.1 Å².